The largest absolute Gasteiger partial charge is 0.444 e. The number of carbonyl (C=O) groups is 1. The summed E-state index contributed by atoms with van der Waals surface area (Å²) in [4.78, 5) is 11.6. The quantitative estimate of drug-likeness (QED) is 0.876. The number of amides is 1. The van der Waals surface area contributed by atoms with Crippen LogP contribution >= 0.6 is 0 Å². The van der Waals surface area contributed by atoms with Gasteiger partial charge in [0, 0.05) is 12.6 Å². The monoisotopic (exact) mass is 292 g/mol. The number of hydrogen-bond acceptors (Lipinski definition) is 3. The Morgan fingerprint density at radius 2 is 2.00 bits per heavy atom. The van der Waals surface area contributed by atoms with Crippen molar-refractivity contribution in [3.63, 3.8) is 0 Å². The topological polar surface area (TPSA) is 64.3 Å². The van der Waals surface area contributed by atoms with Crippen LogP contribution in [0, 0.1) is 0 Å². The van der Waals surface area contributed by atoms with Crippen molar-refractivity contribution < 1.29 is 9.53 Å². The van der Waals surface area contributed by atoms with Crippen LogP contribution in [0.2, 0.25) is 0 Å². The predicted molar refractivity (Wildman–Crippen MR) is 86.4 cm³/mol. The van der Waals surface area contributed by atoms with Gasteiger partial charge in [-0.25, -0.2) is 4.79 Å². The lowest BCUT2D eigenvalue weighted by molar-refractivity contribution is 0.0524. The molecule has 0 saturated carbocycles. The molecule has 0 aliphatic rings. The normalized spacial score (nSPS) is 13.1. The number of hydrogen-bond donors (Lipinski definition) is 2. The summed E-state index contributed by atoms with van der Waals surface area (Å²) in [5.74, 6) is 0.501. The number of alkyl carbamates (subject to hydrolysis) is 1. The molecule has 1 aromatic rings. The van der Waals surface area contributed by atoms with Gasteiger partial charge in [0.1, 0.15) is 5.60 Å². The van der Waals surface area contributed by atoms with Crippen molar-refractivity contribution >= 4 is 6.09 Å². The Hall–Kier alpha value is -1.55. The van der Waals surface area contributed by atoms with E-state index in [4.69, 9.17) is 10.5 Å². The lowest BCUT2D eigenvalue weighted by Crippen LogP contribution is -2.41. The fourth-order valence-corrected chi connectivity index (χ4v) is 1.98. The Bertz CT molecular complexity index is 464. The molecule has 0 fully saturated rings. The molecule has 118 valence electrons. The van der Waals surface area contributed by atoms with E-state index >= 15 is 0 Å². The van der Waals surface area contributed by atoms with Gasteiger partial charge in [0.25, 0.3) is 0 Å². The first-order valence-corrected chi connectivity index (χ1v) is 7.48. The van der Waals surface area contributed by atoms with Gasteiger partial charge in [-0.05, 0) is 44.2 Å². The average Bonchev–Trinajstić information content (AvgIpc) is 2.34. The molecule has 1 amide bonds. The van der Waals surface area contributed by atoms with E-state index in [1.165, 1.54) is 11.1 Å². The van der Waals surface area contributed by atoms with E-state index in [0.717, 1.165) is 6.42 Å². The smallest absolute Gasteiger partial charge is 0.407 e. The Morgan fingerprint density at radius 1 is 1.33 bits per heavy atom. The molecular formula is C17H28N2O2. The Morgan fingerprint density at radius 3 is 2.57 bits per heavy atom. The molecule has 0 aromatic heterocycles. The molecule has 1 atom stereocenters. The van der Waals surface area contributed by atoms with E-state index in [-0.39, 0.29) is 6.04 Å². The van der Waals surface area contributed by atoms with Crippen LogP contribution in [-0.2, 0) is 11.2 Å². The second-order valence-corrected chi connectivity index (χ2v) is 6.75. The van der Waals surface area contributed by atoms with E-state index in [2.05, 4.69) is 43.4 Å². The first kappa shape index (κ1) is 17.5. The van der Waals surface area contributed by atoms with Crippen LogP contribution in [-0.4, -0.2) is 24.3 Å². The molecule has 4 nitrogen and oxygen atoms in total. The summed E-state index contributed by atoms with van der Waals surface area (Å²) in [6.07, 6.45) is 0.310. The summed E-state index contributed by atoms with van der Waals surface area (Å²) in [5.41, 5.74) is 8.09. The molecule has 3 N–H and O–H groups in total. The Balaban J connectivity index is 2.45. The Kier molecular flexibility index (Phi) is 6.21. The van der Waals surface area contributed by atoms with Crippen molar-refractivity contribution in [2.45, 2.75) is 58.6 Å². The highest BCUT2D eigenvalue weighted by atomic mass is 16.6. The summed E-state index contributed by atoms with van der Waals surface area (Å²) in [6, 6.07) is 8.30. The maximum atomic E-state index is 11.6. The van der Waals surface area contributed by atoms with Gasteiger partial charge in [-0.2, -0.15) is 0 Å². The number of nitrogens with two attached hydrogens (primary N) is 1. The molecule has 0 bridgehead atoms. The molecule has 0 aliphatic heterocycles. The van der Waals surface area contributed by atoms with Crippen LogP contribution in [0.4, 0.5) is 4.79 Å². The summed E-state index contributed by atoms with van der Waals surface area (Å²) in [6.45, 7) is 10.3. The van der Waals surface area contributed by atoms with Crippen LogP contribution in [0.5, 0.6) is 0 Å². The van der Waals surface area contributed by atoms with Gasteiger partial charge in [-0.1, -0.05) is 38.1 Å². The molecule has 0 spiro atoms. The van der Waals surface area contributed by atoms with E-state index in [9.17, 15) is 4.79 Å². The number of ether oxygens (including phenoxy) is 1. The maximum Gasteiger partial charge on any atom is 0.407 e. The number of carbonyl (C=O) groups excluding carboxylic acids is 1. The molecular weight excluding hydrogens is 264 g/mol. The molecule has 1 unspecified atom stereocenters. The SMILES string of the molecule is CC(C)c1cccc(CC(N)CNC(=O)OC(C)(C)C)c1. The second-order valence-electron chi connectivity index (χ2n) is 6.75. The molecule has 0 radical (unpaired) electrons. The highest BCUT2D eigenvalue weighted by Gasteiger charge is 2.16. The molecule has 21 heavy (non-hydrogen) atoms. The molecule has 0 saturated heterocycles. The highest BCUT2D eigenvalue weighted by molar-refractivity contribution is 5.67. The van der Waals surface area contributed by atoms with Crippen LogP contribution in [0.3, 0.4) is 0 Å². The summed E-state index contributed by atoms with van der Waals surface area (Å²) in [7, 11) is 0. The molecule has 4 heteroatoms. The van der Waals surface area contributed by atoms with Gasteiger partial charge in [0.15, 0.2) is 0 Å². The zero-order valence-electron chi connectivity index (χ0n) is 13.8. The van der Waals surface area contributed by atoms with E-state index in [1.807, 2.05) is 20.8 Å². The van der Waals surface area contributed by atoms with Gasteiger partial charge < -0.3 is 15.8 Å². The van der Waals surface area contributed by atoms with Crippen LogP contribution in [0.1, 0.15) is 51.7 Å². The van der Waals surface area contributed by atoms with Crippen molar-refractivity contribution in [2.75, 3.05) is 6.54 Å². The third-order valence-corrected chi connectivity index (χ3v) is 3.02. The zero-order chi connectivity index (χ0) is 16.0. The molecule has 0 aliphatic carbocycles. The number of nitrogens with one attached hydrogen (secondary N) is 1. The first-order chi connectivity index (χ1) is 9.67. The minimum Gasteiger partial charge on any atom is -0.444 e. The van der Waals surface area contributed by atoms with Crippen molar-refractivity contribution in [3.8, 4) is 0 Å². The third kappa shape index (κ3) is 7.14. The fraction of sp³-hybridized carbons (Fsp3) is 0.588. The lowest BCUT2D eigenvalue weighted by atomic mass is 9.98. The molecule has 1 rings (SSSR count). The summed E-state index contributed by atoms with van der Waals surface area (Å²) in [5, 5.41) is 2.71. The standard InChI is InChI=1S/C17H28N2O2/c1-12(2)14-8-6-7-13(9-14)10-15(18)11-19-16(20)21-17(3,4)5/h6-9,12,15H,10-11,18H2,1-5H3,(H,19,20). The van der Waals surface area contributed by atoms with Gasteiger partial charge in [0.2, 0.25) is 0 Å². The fourth-order valence-electron chi connectivity index (χ4n) is 1.98. The summed E-state index contributed by atoms with van der Waals surface area (Å²) >= 11 is 0. The number of rotatable bonds is 5. The van der Waals surface area contributed by atoms with E-state index in [0.29, 0.717) is 12.5 Å². The van der Waals surface area contributed by atoms with Gasteiger partial charge in [0.05, 0.1) is 0 Å². The van der Waals surface area contributed by atoms with Crippen molar-refractivity contribution in [1.82, 2.24) is 5.32 Å². The maximum absolute atomic E-state index is 11.6. The first-order valence-electron chi connectivity index (χ1n) is 7.48. The van der Waals surface area contributed by atoms with Gasteiger partial charge >= 0.3 is 6.09 Å². The van der Waals surface area contributed by atoms with E-state index in [1.54, 1.807) is 0 Å². The van der Waals surface area contributed by atoms with Crippen molar-refractivity contribution in [1.29, 1.82) is 0 Å². The van der Waals surface area contributed by atoms with E-state index < -0.39 is 11.7 Å². The summed E-state index contributed by atoms with van der Waals surface area (Å²) < 4.78 is 5.18. The highest BCUT2D eigenvalue weighted by Crippen LogP contribution is 2.16. The minimum absolute atomic E-state index is 0.125. The molecule has 0 heterocycles. The van der Waals surface area contributed by atoms with Crippen molar-refractivity contribution in [2.24, 2.45) is 5.73 Å². The zero-order valence-corrected chi connectivity index (χ0v) is 13.8. The minimum atomic E-state index is -0.486. The van der Waals surface area contributed by atoms with Crippen LogP contribution in [0.15, 0.2) is 24.3 Å². The van der Waals surface area contributed by atoms with Crippen molar-refractivity contribution in [3.05, 3.63) is 35.4 Å². The second kappa shape index (κ2) is 7.46. The third-order valence-electron chi connectivity index (χ3n) is 3.02. The van der Waals surface area contributed by atoms with Crippen LogP contribution < -0.4 is 11.1 Å². The molecule has 1 aromatic carbocycles. The average molecular weight is 292 g/mol. The van der Waals surface area contributed by atoms with Gasteiger partial charge in [-0.15, -0.1) is 0 Å². The number of benzene rings is 1. The van der Waals surface area contributed by atoms with Gasteiger partial charge in [-0.3, -0.25) is 0 Å². The Labute approximate surface area is 128 Å². The lowest BCUT2D eigenvalue weighted by Gasteiger charge is -2.21. The van der Waals surface area contributed by atoms with Crippen LogP contribution in [0.25, 0.3) is 0 Å². The predicted octanol–water partition coefficient (Wildman–Crippen LogP) is 3.20.